The number of fused-ring (bicyclic) bond motifs is 2. The average molecular weight is 738 g/mol. The number of anilines is 1. The summed E-state index contributed by atoms with van der Waals surface area (Å²) in [5.41, 5.74) is 6.58. The third-order valence-electron chi connectivity index (χ3n) is 11.8. The molecule has 2 unspecified atom stereocenters. The van der Waals surface area contributed by atoms with Gasteiger partial charge in [-0.2, -0.15) is 5.26 Å². The van der Waals surface area contributed by atoms with Gasteiger partial charge in [-0.25, -0.2) is 9.97 Å². The number of nitrogens with one attached hydrogen (secondary N) is 2. The van der Waals surface area contributed by atoms with E-state index in [1.807, 2.05) is 36.5 Å². The summed E-state index contributed by atoms with van der Waals surface area (Å²) >= 11 is 0. The lowest BCUT2D eigenvalue weighted by molar-refractivity contribution is -0.138. The molecule has 0 radical (unpaired) electrons. The Morgan fingerprint density at radius 2 is 1.93 bits per heavy atom. The van der Waals surface area contributed by atoms with Gasteiger partial charge in [0.05, 0.1) is 11.7 Å². The van der Waals surface area contributed by atoms with Crippen molar-refractivity contribution >= 4 is 39.4 Å². The number of hydrogen-bond acceptors (Lipinski definition) is 10. The Morgan fingerprint density at radius 1 is 1.09 bits per heavy atom. The number of aliphatic carboxylic acids is 1. The normalized spacial score (nSPS) is 24.2. The molecule has 11 nitrogen and oxygen atoms in total. The molecule has 2 fully saturated rings. The van der Waals surface area contributed by atoms with E-state index in [-0.39, 0.29) is 30.4 Å². The van der Waals surface area contributed by atoms with Crippen LogP contribution in [-0.2, 0) is 23.4 Å². The maximum atomic E-state index is 11.2. The van der Waals surface area contributed by atoms with Crippen molar-refractivity contribution in [1.29, 1.82) is 5.26 Å². The van der Waals surface area contributed by atoms with E-state index >= 15 is 0 Å². The largest absolute Gasteiger partial charge is 0.481 e. The SMILES string of the molecule is Cc1ccccc1C1=CC=CC(Nc2nccc3cc(CN4CC[C@@H](O)C4)cnc23)(c2nc3cc(CN[C@H]4CC[C@H](CC(=O)O)CC4)cc(C#N)c3o2)C1C. The van der Waals surface area contributed by atoms with Gasteiger partial charge in [-0.1, -0.05) is 43.3 Å². The number of likely N-dealkylation sites (tertiary alicyclic amines) is 1. The number of carbonyl (C=O) groups is 1. The highest BCUT2D eigenvalue weighted by atomic mass is 16.4. The van der Waals surface area contributed by atoms with E-state index < -0.39 is 11.5 Å². The fourth-order valence-corrected chi connectivity index (χ4v) is 8.74. The maximum Gasteiger partial charge on any atom is 0.303 e. The molecule has 3 aromatic heterocycles. The second-order valence-electron chi connectivity index (χ2n) is 15.6. The summed E-state index contributed by atoms with van der Waals surface area (Å²) in [7, 11) is 0. The number of oxazole rings is 1. The van der Waals surface area contributed by atoms with Gasteiger partial charge in [-0.05, 0) is 103 Å². The van der Waals surface area contributed by atoms with Gasteiger partial charge in [-0.15, -0.1) is 0 Å². The predicted molar refractivity (Wildman–Crippen MR) is 212 cm³/mol. The topological polar surface area (TPSA) is 160 Å². The number of nitriles is 1. The minimum Gasteiger partial charge on any atom is -0.481 e. The highest BCUT2D eigenvalue weighted by Gasteiger charge is 2.45. The Balaban J connectivity index is 1.14. The number of nitrogens with zero attached hydrogens (tertiary/aromatic N) is 5. The van der Waals surface area contributed by atoms with Crippen molar-refractivity contribution in [3.8, 4) is 6.07 Å². The minimum absolute atomic E-state index is 0.187. The first-order valence-corrected chi connectivity index (χ1v) is 19.4. The second kappa shape index (κ2) is 15.4. The number of allylic oxidation sites excluding steroid dienone is 2. The van der Waals surface area contributed by atoms with Crippen molar-refractivity contribution in [2.45, 2.75) is 83.1 Å². The molecule has 11 heteroatoms. The number of pyridine rings is 2. The molecule has 1 saturated carbocycles. The van der Waals surface area contributed by atoms with Crippen LogP contribution in [0.25, 0.3) is 27.6 Å². The van der Waals surface area contributed by atoms with Crippen molar-refractivity contribution in [2.24, 2.45) is 11.8 Å². The van der Waals surface area contributed by atoms with Crippen LogP contribution >= 0.6 is 0 Å². The third-order valence-corrected chi connectivity index (χ3v) is 11.8. The van der Waals surface area contributed by atoms with Crippen LogP contribution < -0.4 is 10.6 Å². The number of benzene rings is 2. The summed E-state index contributed by atoms with van der Waals surface area (Å²) in [4.78, 5) is 28.3. The van der Waals surface area contributed by atoms with Crippen molar-refractivity contribution in [1.82, 2.24) is 25.2 Å². The number of aryl methyl sites for hydroxylation is 1. The quantitative estimate of drug-likeness (QED) is 0.108. The van der Waals surface area contributed by atoms with Crippen LogP contribution in [0.4, 0.5) is 5.82 Å². The Hall–Kier alpha value is -5.41. The van der Waals surface area contributed by atoms with Gasteiger partial charge < -0.3 is 25.3 Å². The molecular weight excluding hydrogens is 691 g/mol. The van der Waals surface area contributed by atoms with Crippen LogP contribution in [0.2, 0.25) is 0 Å². The van der Waals surface area contributed by atoms with E-state index in [2.05, 4.69) is 71.9 Å². The van der Waals surface area contributed by atoms with Crippen LogP contribution in [0.3, 0.4) is 0 Å². The molecule has 2 aliphatic carbocycles. The lowest BCUT2D eigenvalue weighted by atomic mass is 9.73. The smallest absolute Gasteiger partial charge is 0.303 e. The van der Waals surface area contributed by atoms with Gasteiger partial charge in [0.25, 0.3) is 0 Å². The van der Waals surface area contributed by atoms with Crippen molar-refractivity contribution in [3.05, 3.63) is 113 Å². The van der Waals surface area contributed by atoms with Gasteiger partial charge in [0.15, 0.2) is 11.4 Å². The van der Waals surface area contributed by atoms with Gasteiger partial charge in [0.1, 0.15) is 22.6 Å². The molecule has 3 atom stereocenters. The highest BCUT2D eigenvalue weighted by molar-refractivity contribution is 5.89. The number of carboxylic acids is 1. The molecule has 4 N–H and O–H groups in total. The molecule has 8 rings (SSSR count). The zero-order chi connectivity index (χ0) is 38.1. The first kappa shape index (κ1) is 36.6. The molecule has 1 saturated heterocycles. The van der Waals surface area contributed by atoms with E-state index in [4.69, 9.17) is 19.4 Å². The fourth-order valence-electron chi connectivity index (χ4n) is 8.74. The molecule has 0 spiro atoms. The van der Waals surface area contributed by atoms with Gasteiger partial charge in [0, 0.05) is 62.3 Å². The maximum absolute atomic E-state index is 11.2. The van der Waals surface area contributed by atoms with Gasteiger partial charge in [0.2, 0.25) is 5.89 Å². The van der Waals surface area contributed by atoms with E-state index in [1.54, 1.807) is 6.20 Å². The molecule has 2 aromatic carbocycles. The lowest BCUT2D eigenvalue weighted by Gasteiger charge is -2.39. The van der Waals surface area contributed by atoms with Crippen molar-refractivity contribution in [3.63, 3.8) is 0 Å². The summed E-state index contributed by atoms with van der Waals surface area (Å²) in [6, 6.07) is 19.0. The Bertz CT molecular complexity index is 2340. The number of aliphatic hydroxyl groups is 1. The number of aromatic nitrogens is 3. The van der Waals surface area contributed by atoms with E-state index in [0.29, 0.717) is 41.5 Å². The fraction of sp³-hybridized carbons (Fsp3) is 0.386. The molecule has 3 aliphatic rings. The van der Waals surface area contributed by atoms with Crippen LogP contribution in [0.15, 0.2) is 83.6 Å². The highest BCUT2D eigenvalue weighted by Crippen LogP contribution is 2.46. The molecule has 1 aliphatic heterocycles. The van der Waals surface area contributed by atoms with Gasteiger partial charge in [-0.3, -0.25) is 14.7 Å². The predicted octanol–water partition coefficient (Wildman–Crippen LogP) is 7.24. The van der Waals surface area contributed by atoms with E-state index in [1.165, 1.54) is 0 Å². The summed E-state index contributed by atoms with van der Waals surface area (Å²) < 4.78 is 6.68. The molecule has 5 aromatic rings. The summed E-state index contributed by atoms with van der Waals surface area (Å²) in [5.74, 6) is 0.332. The lowest BCUT2D eigenvalue weighted by Crippen LogP contribution is -2.42. The minimum atomic E-state index is -1.00. The molecule has 55 heavy (non-hydrogen) atoms. The van der Waals surface area contributed by atoms with Crippen molar-refractivity contribution in [2.75, 3.05) is 18.4 Å². The Labute approximate surface area is 320 Å². The zero-order valence-corrected chi connectivity index (χ0v) is 31.3. The van der Waals surface area contributed by atoms with Crippen LogP contribution in [0, 0.1) is 30.1 Å². The monoisotopic (exact) mass is 737 g/mol. The van der Waals surface area contributed by atoms with E-state index in [0.717, 1.165) is 83.9 Å². The molecular formula is C44H47N7O4. The summed E-state index contributed by atoms with van der Waals surface area (Å²) in [6.45, 7) is 7.08. The molecule has 4 heterocycles. The van der Waals surface area contributed by atoms with E-state index in [9.17, 15) is 20.3 Å². The Morgan fingerprint density at radius 3 is 2.69 bits per heavy atom. The van der Waals surface area contributed by atoms with Crippen LogP contribution in [0.5, 0.6) is 0 Å². The number of hydrogen-bond donors (Lipinski definition) is 4. The van der Waals surface area contributed by atoms with Crippen molar-refractivity contribution < 1.29 is 19.4 Å². The summed E-state index contributed by atoms with van der Waals surface area (Å²) in [6.07, 6.45) is 14.3. The number of aliphatic hydroxyl groups excluding tert-OH is 1. The Kier molecular flexibility index (Phi) is 10.2. The number of β-amino-alcohol motifs (C(OH)–C–C–N with tert-alkyl or cyclic N) is 1. The first-order chi connectivity index (χ1) is 26.7. The molecule has 0 amide bonds. The second-order valence-corrected chi connectivity index (χ2v) is 15.6. The molecule has 282 valence electrons. The van der Waals surface area contributed by atoms with Crippen LogP contribution in [-0.4, -0.2) is 61.3 Å². The summed E-state index contributed by atoms with van der Waals surface area (Å²) in [5, 5.41) is 38.0. The third kappa shape index (κ3) is 7.50. The number of carboxylic acid groups (broad SMARTS) is 1. The number of rotatable bonds is 11. The van der Waals surface area contributed by atoms with Crippen LogP contribution in [0.1, 0.15) is 79.2 Å². The standard InChI is InChI=1S/C44H47N7O4/c1-27-6-3-4-7-36(27)37-8-5-15-44(28(37)2,50-42-40-32(13-16-46-42)19-31(24-48-40)25-51-17-14-35(52)26-51)43-49-38-20-30(18-33(22-45)41(38)55-43)23-47-34-11-9-29(10-12-34)21-39(53)54/h3-8,13,15-16,18-20,24,28-29,34-35,47,52H,9-12,14,17,21,23,25-26H2,1-2H3,(H,46,50)(H,53,54)/t28?,29-,34-,35-,44?/m1/s1. The molecule has 0 bridgehead atoms. The average Bonchev–Trinajstić information content (AvgIpc) is 3.81. The first-order valence-electron chi connectivity index (χ1n) is 19.4. The van der Waals surface area contributed by atoms with Gasteiger partial charge >= 0.3 is 5.97 Å². The zero-order valence-electron chi connectivity index (χ0n) is 31.3.